The van der Waals surface area contributed by atoms with Gasteiger partial charge in [-0.05, 0) is 64.1 Å². The number of benzene rings is 3. The first-order valence-electron chi connectivity index (χ1n) is 11.7. The zero-order chi connectivity index (χ0) is 25.0. The van der Waals surface area contributed by atoms with E-state index >= 15 is 0 Å². The Bertz CT molecular complexity index is 1260. The van der Waals surface area contributed by atoms with E-state index in [9.17, 15) is 0 Å². The second-order valence-corrected chi connectivity index (χ2v) is 8.23. The Balaban J connectivity index is 1.94. The molecule has 3 nitrogen and oxygen atoms in total. The van der Waals surface area contributed by atoms with E-state index in [1.165, 1.54) is 16.7 Å². The summed E-state index contributed by atoms with van der Waals surface area (Å²) in [6.07, 6.45) is 10.2. The van der Waals surface area contributed by atoms with E-state index in [1.54, 1.807) is 14.2 Å². The van der Waals surface area contributed by atoms with Gasteiger partial charge in [-0.3, -0.25) is 4.99 Å². The average Bonchev–Trinajstić information content (AvgIpc) is 2.88. The molecule has 3 aromatic rings. The van der Waals surface area contributed by atoms with Crippen LogP contribution in [0.25, 0.3) is 16.7 Å². The van der Waals surface area contributed by atoms with Gasteiger partial charge in [0.1, 0.15) is 0 Å². The van der Waals surface area contributed by atoms with Crippen molar-refractivity contribution in [3.05, 3.63) is 113 Å². The summed E-state index contributed by atoms with van der Waals surface area (Å²) in [6.45, 7) is 7.87. The molecule has 0 bridgehead atoms. The van der Waals surface area contributed by atoms with Crippen LogP contribution in [0.5, 0.6) is 0 Å². The van der Waals surface area contributed by atoms with Gasteiger partial charge in [0.2, 0.25) is 0 Å². The smallest absolute Gasteiger partial charge is 0.0718 e. The first-order chi connectivity index (χ1) is 17.1. The van der Waals surface area contributed by atoms with Crippen molar-refractivity contribution >= 4 is 11.3 Å². The highest BCUT2D eigenvalue weighted by Gasteiger charge is 2.11. The van der Waals surface area contributed by atoms with Gasteiger partial charge in [-0.15, -0.1) is 12.3 Å². The summed E-state index contributed by atoms with van der Waals surface area (Å²) >= 11 is 0. The first-order valence-corrected chi connectivity index (χ1v) is 11.7. The molecule has 3 aromatic carbocycles. The van der Waals surface area contributed by atoms with Crippen LogP contribution >= 0.6 is 0 Å². The molecule has 3 rings (SSSR count). The number of ether oxygens (including phenoxy) is 2. The summed E-state index contributed by atoms with van der Waals surface area (Å²) in [5.74, 6) is 2.82. The van der Waals surface area contributed by atoms with Crippen LogP contribution in [-0.2, 0) is 22.5 Å². The molecule has 0 unspecified atom stereocenters. The second kappa shape index (κ2) is 13.2. The number of aliphatic imine (C=N–C) groups is 1. The summed E-state index contributed by atoms with van der Waals surface area (Å²) < 4.78 is 10.7. The molecule has 0 fully saturated rings. The minimum Gasteiger partial charge on any atom is -0.382 e. The van der Waals surface area contributed by atoms with Crippen molar-refractivity contribution in [3.63, 3.8) is 0 Å². The maximum absolute atomic E-state index is 5.73. The predicted octanol–water partition coefficient (Wildman–Crippen LogP) is 6.69. The molecule has 0 amide bonds. The van der Waals surface area contributed by atoms with E-state index in [-0.39, 0.29) is 0 Å². The van der Waals surface area contributed by atoms with Crippen LogP contribution in [0.3, 0.4) is 0 Å². The van der Waals surface area contributed by atoms with Gasteiger partial charge in [-0.1, -0.05) is 67.3 Å². The molecule has 0 spiro atoms. The summed E-state index contributed by atoms with van der Waals surface area (Å²) in [4.78, 5) is 4.56. The number of terminal acetylenes is 1. The fourth-order valence-corrected chi connectivity index (χ4v) is 4.00. The molecule has 0 aliphatic heterocycles. The number of rotatable bonds is 11. The molecule has 0 aliphatic carbocycles. The minimum absolute atomic E-state index is 0.530. The highest BCUT2D eigenvalue weighted by Crippen LogP contribution is 2.30. The Kier molecular flexibility index (Phi) is 9.80. The lowest BCUT2D eigenvalue weighted by atomic mass is 9.91. The maximum atomic E-state index is 5.73. The van der Waals surface area contributed by atoms with Crippen LogP contribution < -0.4 is 0 Å². The monoisotopic (exact) mass is 463 g/mol. The molecule has 35 heavy (non-hydrogen) atoms. The molecule has 178 valence electrons. The molecule has 0 heterocycles. The third-order valence-corrected chi connectivity index (χ3v) is 5.84. The van der Waals surface area contributed by atoms with E-state index in [0.717, 1.165) is 33.5 Å². The zero-order valence-electron chi connectivity index (χ0n) is 20.9. The lowest BCUT2D eigenvalue weighted by Crippen LogP contribution is -2.03. The molecule has 0 N–H and O–H groups in total. The number of hydrogen-bond acceptors (Lipinski definition) is 3. The van der Waals surface area contributed by atoms with E-state index < -0.39 is 0 Å². The van der Waals surface area contributed by atoms with E-state index in [4.69, 9.17) is 15.9 Å². The van der Waals surface area contributed by atoms with Gasteiger partial charge in [-0.25, -0.2) is 0 Å². The van der Waals surface area contributed by atoms with Crippen molar-refractivity contribution in [1.29, 1.82) is 0 Å². The molecular weight excluding hydrogens is 430 g/mol. The van der Waals surface area contributed by atoms with Crippen LogP contribution in [-0.4, -0.2) is 33.1 Å². The summed E-state index contributed by atoms with van der Waals surface area (Å²) in [7, 11) is 3.47. The fraction of sp³-hybridized carbons (Fsp3) is 0.219. The predicted molar refractivity (Wildman–Crippen MR) is 148 cm³/mol. The van der Waals surface area contributed by atoms with Gasteiger partial charge in [0.05, 0.1) is 25.5 Å². The molecule has 0 aliphatic rings. The van der Waals surface area contributed by atoms with Gasteiger partial charge in [0.15, 0.2) is 0 Å². The number of methoxy groups -OCH3 is 1. The van der Waals surface area contributed by atoms with Crippen molar-refractivity contribution in [2.75, 3.05) is 27.4 Å². The standard InChI is InChI=1S/C32H33NO2/c1-6-11-28-21-27(16-17-31(28)30-15-9-8-12-24(30)3)26(7-2)22-32(33-4)29-14-10-13-25(20-29)23-35-19-18-34-5/h1,7-10,12-17,20-22H,2,11,18-19,23H2,3-5H3/b26-22+,33-32?. The molecule has 0 saturated heterocycles. The van der Waals surface area contributed by atoms with Crippen LogP contribution in [0.2, 0.25) is 0 Å². The number of hydrogen-bond donors (Lipinski definition) is 0. The van der Waals surface area contributed by atoms with Crippen molar-refractivity contribution in [2.45, 2.75) is 20.0 Å². The van der Waals surface area contributed by atoms with Crippen LogP contribution in [0, 0.1) is 19.3 Å². The number of nitrogens with zero attached hydrogens (tertiary/aromatic N) is 1. The van der Waals surface area contributed by atoms with Gasteiger partial charge in [0.25, 0.3) is 0 Å². The number of aryl methyl sites for hydroxylation is 1. The van der Waals surface area contributed by atoms with Crippen molar-refractivity contribution in [3.8, 4) is 23.5 Å². The SMILES string of the molecule is C#CCc1cc(/C(C=C)=C/C(=NC)c2cccc(COCCOC)c2)ccc1-c1ccccc1C. The number of allylic oxidation sites excluding steroid dienone is 3. The minimum atomic E-state index is 0.530. The van der Waals surface area contributed by atoms with E-state index in [0.29, 0.717) is 26.2 Å². The van der Waals surface area contributed by atoms with Crippen LogP contribution in [0.1, 0.15) is 27.8 Å². The third-order valence-electron chi connectivity index (χ3n) is 5.84. The molecule has 0 saturated carbocycles. The largest absolute Gasteiger partial charge is 0.382 e. The summed E-state index contributed by atoms with van der Waals surface area (Å²) in [5, 5.41) is 0. The lowest BCUT2D eigenvalue weighted by molar-refractivity contribution is 0.0616. The van der Waals surface area contributed by atoms with Gasteiger partial charge in [0, 0.05) is 26.1 Å². The molecule has 0 aromatic heterocycles. The fourth-order valence-electron chi connectivity index (χ4n) is 4.00. The van der Waals surface area contributed by atoms with E-state index in [1.807, 2.05) is 12.1 Å². The maximum Gasteiger partial charge on any atom is 0.0718 e. The summed E-state index contributed by atoms with van der Waals surface area (Å²) in [5.41, 5.74) is 9.76. The highest BCUT2D eigenvalue weighted by molar-refractivity contribution is 6.13. The molecule has 0 radical (unpaired) electrons. The lowest BCUT2D eigenvalue weighted by Gasteiger charge is -2.14. The molecule has 3 heteroatoms. The molecular formula is C32H33NO2. The van der Waals surface area contributed by atoms with Crippen LogP contribution in [0.15, 0.2) is 90.5 Å². The van der Waals surface area contributed by atoms with Crippen molar-refractivity contribution in [1.82, 2.24) is 0 Å². The topological polar surface area (TPSA) is 30.8 Å². The Morgan fingerprint density at radius 1 is 1.00 bits per heavy atom. The van der Waals surface area contributed by atoms with E-state index in [2.05, 4.69) is 91.2 Å². The highest BCUT2D eigenvalue weighted by atomic mass is 16.5. The van der Waals surface area contributed by atoms with Crippen molar-refractivity contribution in [2.24, 2.45) is 4.99 Å². The van der Waals surface area contributed by atoms with Crippen LogP contribution in [0.4, 0.5) is 0 Å². The normalized spacial score (nSPS) is 11.8. The van der Waals surface area contributed by atoms with Gasteiger partial charge in [-0.2, -0.15) is 0 Å². The third kappa shape index (κ3) is 6.90. The zero-order valence-corrected chi connectivity index (χ0v) is 20.9. The van der Waals surface area contributed by atoms with Gasteiger partial charge < -0.3 is 9.47 Å². The summed E-state index contributed by atoms with van der Waals surface area (Å²) in [6, 6.07) is 23.1. The average molecular weight is 464 g/mol. The Hall–Kier alpha value is -3.71. The van der Waals surface area contributed by atoms with Gasteiger partial charge >= 0.3 is 0 Å². The Morgan fingerprint density at radius 2 is 1.83 bits per heavy atom. The first kappa shape index (κ1) is 25.9. The Labute approximate surface area is 209 Å². The van der Waals surface area contributed by atoms with Crippen molar-refractivity contribution < 1.29 is 9.47 Å². The quantitative estimate of drug-likeness (QED) is 0.137. The second-order valence-electron chi connectivity index (χ2n) is 8.23. The molecule has 0 atom stereocenters. The Morgan fingerprint density at radius 3 is 2.54 bits per heavy atom.